The van der Waals surface area contributed by atoms with Crippen LogP contribution in [0.3, 0.4) is 0 Å². The van der Waals surface area contributed by atoms with Crippen LogP contribution in [0.15, 0.2) is 66.7 Å². The number of hydrogen-bond acceptors (Lipinski definition) is 6. The van der Waals surface area contributed by atoms with Gasteiger partial charge in [0.1, 0.15) is 10.0 Å². The van der Waals surface area contributed by atoms with E-state index >= 15 is 0 Å². The third-order valence-electron chi connectivity index (χ3n) is 4.60. The largest absolute Gasteiger partial charge is 0.504 e. The van der Waals surface area contributed by atoms with Gasteiger partial charge in [-0.05, 0) is 36.4 Å². The first kappa shape index (κ1) is 17.8. The van der Waals surface area contributed by atoms with Crippen LogP contribution in [-0.2, 0) is 0 Å². The van der Waals surface area contributed by atoms with Crippen LogP contribution in [0.5, 0.6) is 11.5 Å². The summed E-state index contributed by atoms with van der Waals surface area (Å²) < 4.78 is 7.50. The maximum Gasteiger partial charge on any atom is 0.165 e. The fourth-order valence-electron chi connectivity index (χ4n) is 3.17. The number of phenolic OH excluding ortho intramolecular Hbond substituents is 1. The van der Waals surface area contributed by atoms with Crippen molar-refractivity contribution in [2.45, 2.75) is 0 Å². The van der Waals surface area contributed by atoms with Gasteiger partial charge in [-0.1, -0.05) is 36.4 Å². The van der Waals surface area contributed by atoms with Crippen LogP contribution in [-0.4, -0.2) is 22.2 Å². The monoisotopic (exact) mass is 416 g/mol. The fraction of sp³-hybridized carbons (Fsp3) is 0.0435. The van der Waals surface area contributed by atoms with Crippen LogP contribution in [0, 0.1) is 0 Å². The molecule has 5 rings (SSSR count). The first-order valence-corrected chi connectivity index (χ1v) is 10.7. The van der Waals surface area contributed by atoms with Crippen molar-refractivity contribution in [1.82, 2.24) is 9.97 Å². The number of fused-ring (bicyclic) bond motifs is 2. The number of thiazole rings is 2. The molecule has 1 N–H and O–H groups in total. The van der Waals surface area contributed by atoms with Crippen LogP contribution < -0.4 is 4.74 Å². The second-order valence-electron chi connectivity index (χ2n) is 6.43. The zero-order valence-corrected chi connectivity index (χ0v) is 17.1. The van der Waals surface area contributed by atoms with Crippen LogP contribution in [0.2, 0.25) is 0 Å². The summed E-state index contributed by atoms with van der Waals surface area (Å²) in [7, 11) is 1.55. The minimum atomic E-state index is 0.106. The Bertz CT molecular complexity index is 1230. The maximum atomic E-state index is 10.6. The second-order valence-corrected chi connectivity index (χ2v) is 8.49. The Morgan fingerprint density at radius 3 is 1.97 bits per heavy atom. The molecule has 142 valence electrons. The summed E-state index contributed by atoms with van der Waals surface area (Å²) in [5.41, 5.74) is 3.46. The van der Waals surface area contributed by atoms with Crippen molar-refractivity contribution in [3.05, 3.63) is 82.3 Å². The summed E-state index contributed by atoms with van der Waals surface area (Å²) in [6.45, 7) is 0. The summed E-state index contributed by atoms with van der Waals surface area (Å²) in [6, 6.07) is 21.6. The number of rotatable bonds is 4. The molecule has 0 aliphatic carbocycles. The van der Waals surface area contributed by atoms with Gasteiger partial charge < -0.3 is 9.84 Å². The Hall–Kier alpha value is -3.22. The highest BCUT2D eigenvalue weighted by Crippen LogP contribution is 2.38. The third kappa shape index (κ3) is 3.26. The normalized spacial score (nSPS) is 11.1. The van der Waals surface area contributed by atoms with Gasteiger partial charge in [0.05, 0.1) is 27.5 Å². The Morgan fingerprint density at radius 2 is 1.41 bits per heavy atom. The van der Waals surface area contributed by atoms with Crippen molar-refractivity contribution in [2.24, 2.45) is 0 Å². The van der Waals surface area contributed by atoms with Crippen molar-refractivity contribution < 1.29 is 9.84 Å². The quantitative estimate of drug-likeness (QED) is 0.378. The van der Waals surface area contributed by atoms with E-state index in [4.69, 9.17) is 14.7 Å². The predicted molar refractivity (Wildman–Crippen MR) is 121 cm³/mol. The summed E-state index contributed by atoms with van der Waals surface area (Å²) in [6.07, 6.45) is 1.94. The number of phenols is 1. The molecule has 0 fully saturated rings. The van der Waals surface area contributed by atoms with Crippen molar-refractivity contribution >= 4 is 54.8 Å². The van der Waals surface area contributed by atoms with Gasteiger partial charge >= 0.3 is 0 Å². The second kappa shape index (κ2) is 7.31. The van der Waals surface area contributed by atoms with Crippen LogP contribution in [0.25, 0.3) is 32.1 Å². The minimum absolute atomic E-state index is 0.106. The molecule has 0 saturated carbocycles. The topological polar surface area (TPSA) is 55.2 Å². The van der Waals surface area contributed by atoms with E-state index in [-0.39, 0.29) is 5.75 Å². The van der Waals surface area contributed by atoms with E-state index in [2.05, 4.69) is 12.1 Å². The molecule has 0 bridgehead atoms. The standard InChI is InChI=1S/C23H16N2O2S2/c1-27-18-10-6-7-14(21(18)26)13-15(22-24-16-8-2-4-11-19(16)28-22)23-25-17-9-3-5-12-20(17)29-23/h2-13,26H,1H3. The molecule has 2 heterocycles. The lowest BCUT2D eigenvalue weighted by Gasteiger charge is -2.07. The summed E-state index contributed by atoms with van der Waals surface area (Å²) in [4.78, 5) is 9.66. The average molecular weight is 417 g/mol. The van der Waals surface area contributed by atoms with Gasteiger partial charge in [-0.3, -0.25) is 0 Å². The van der Waals surface area contributed by atoms with Gasteiger partial charge in [0.2, 0.25) is 0 Å². The number of methoxy groups -OCH3 is 1. The van der Waals surface area contributed by atoms with Crippen molar-refractivity contribution in [3.63, 3.8) is 0 Å². The molecule has 4 nitrogen and oxygen atoms in total. The Labute approximate surface area is 175 Å². The minimum Gasteiger partial charge on any atom is -0.504 e. The highest BCUT2D eigenvalue weighted by Gasteiger charge is 2.17. The molecular formula is C23H16N2O2S2. The number of nitrogens with zero attached hydrogens (tertiary/aromatic N) is 2. The first-order chi connectivity index (χ1) is 14.2. The molecule has 0 aliphatic rings. The van der Waals surface area contributed by atoms with Crippen LogP contribution in [0.1, 0.15) is 15.6 Å². The van der Waals surface area contributed by atoms with Crippen LogP contribution >= 0.6 is 22.7 Å². The number of aromatic nitrogens is 2. The lowest BCUT2D eigenvalue weighted by molar-refractivity contribution is 0.373. The van der Waals surface area contributed by atoms with Gasteiger partial charge in [0.15, 0.2) is 11.5 Å². The maximum absolute atomic E-state index is 10.6. The molecule has 0 radical (unpaired) electrons. The Morgan fingerprint density at radius 1 is 0.828 bits per heavy atom. The summed E-state index contributed by atoms with van der Waals surface area (Å²) in [5, 5.41) is 12.3. The van der Waals surface area contributed by atoms with E-state index < -0.39 is 0 Å². The zero-order chi connectivity index (χ0) is 19.8. The highest BCUT2D eigenvalue weighted by molar-refractivity contribution is 7.22. The van der Waals surface area contributed by atoms with Crippen molar-refractivity contribution in [1.29, 1.82) is 0 Å². The van der Waals surface area contributed by atoms with Gasteiger partial charge in [-0.25, -0.2) is 9.97 Å². The van der Waals surface area contributed by atoms with Gasteiger partial charge in [0, 0.05) is 11.1 Å². The van der Waals surface area contributed by atoms with Crippen LogP contribution in [0.4, 0.5) is 0 Å². The summed E-state index contributed by atoms with van der Waals surface area (Å²) >= 11 is 3.24. The van der Waals surface area contributed by atoms with E-state index in [1.54, 1.807) is 35.8 Å². The number of benzene rings is 3. The number of aromatic hydroxyl groups is 1. The van der Waals surface area contributed by atoms with E-state index in [0.29, 0.717) is 11.3 Å². The van der Waals surface area contributed by atoms with Crippen molar-refractivity contribution in [2.75, 3.05) is 7.11 Å². The fourth-order valence-corrected chi connectivity index (χ4v) is 5.20. The molecule has 0 spiro atoms. The SMILES string of the molecule is COc1cccc(C=C(c2nc3ccccc3s2)c2nc3ccccc3s2)c1O. The Balaban J connectivity index is 1.74. The van der Waals surface area contributed by atoms with E-state index in [1.165, 1.54) is 0 Å². The third-order valence-corrected chi connectivity index (χ3v) is 6.74. The molecular weight excluding hydrogens is 400 g/mol. The molecule has 5 aromatic rings. The molecule has 3 aromatic carbocycles. The first-order valence-electron chi connectivity index (χ1n) is 9.02. The smallest absolute Gasteiger partial charge is 0.165 e. The number of para-hydroxylation sites is 3. The molecule has 2 aromatic heterocycles. The number of ether oxygens (including phenoxy) is 1. The molecule has 6 heteroatoms. The van der Waals surface area contributed by atoms with E-state index in [0.717, 1.165) is 36.0 Å². The Kier molecular flexibility index (Phi) is 4.50. The molecule has 0 saturated heterocycles. The molecule has 0 amide bonds. The van der Waals surface area contributed by atoms with Gasteiger partial charge in [-0.15, -0.1) is 22.7 Å². The molecule has 0 unspecified atom stereocenters. The lowest BCUT2D eigenvalue weighted by Crippen LogP contribution is -1.89. The van der Waals surface area contributed by atoms with E-state index in [1.807, 2.05) is 54.6 Å². The van der Waals surface area contributed by atoms with Gasteiger partial charge in [0.25, 0.3) is 0 Å². The average Bonchev–Trinajstić information content (AvgIpc) is 3.37. The molecule has 29 heavy (non-hydrogen) atoms. The summed E-state index contributed by atoms with van der Waals surface area (Å²) in [5.74, 6) is 0.543. The lowest BCUT2D eigenvalue weighted by atomic mass is 10.1. The van der Waals surface area contributed by atoms with E-state index in [9.17, 15) is 5.11 Å². The van der Waals surface area contributed by atoms with Crippen molar-refractivity contribution in [3.8, 4) is 11.5 Å². The zero-order valence-electron chi connectivity index (χ0n) is 15.5. The highest BCUT2D eigenvalue weighted by atomic mass is 32.1. The predicted octanol–water partition coefficient (Wildman–Crippen LogP) is 6.21. The van der Waals surface area contributed by atoms with Gasteiger partial charge in [-0.2, -0.15) is 0 Å². The number of hydrogen-bond donors (Lipinski definition) is 1. The molecule has 0 atom stereocenters. The molecule has 0 aliphatic heterocycles.